The molecular weight excluding hydrogens is 315 g/mol. The Morgan fingerprint density at radius 1 is 1.21 bits per heavy atom. The van der Waals surface area contributed by atoms with Crippen LogP contribution in [0.25, 0.3) is 0 Å². The molecule has 0 atom stereocenters. The first kappa shape index (κ1) is 17.1. The third-order valence-corrected chi connectivity index (χ3v) is 2.90. The highest BCUT2D eigenvalue weighted by atomic mass is 19.1. The fourth-order valence-electron chi connectivity index (χ4n) is 1.74. The zero-order chi connectivity index (χ0) is 17.4. The topological polar surface area (TPSA) is 77.0 Å². The Bertz CT molecular complexity index is 745. The molecule has 0 aliphatic heterocycles. The van der Waals surface area contributed by atoms with Crippen LogP contribution in [0.4, 0.5) is 4.39 Å². The molecule has 0 heterocycles. The van der Waals surface area contributed by atoms with Crippen LogP contribution in [0, 0.1) is 5.82 Å². The second kappa shape index (κ2) is 8.42. The first-order valence-electron chi connectivity index (χ1n) is 6.97. The van der Waals surface area contributed by atoms with Gasteiger partial charge in [-0.25, -0.2) is 14.6 Å². The Kier molecular flexibility index (Phi) is 6.01. The summed E-state index contributed by atoms with van der Waals surface area (Å²) in [5.41, 5.74) is 3.39. The molecule has 0 aliphatic carbocycles. The van der Waals surface area contributed by atoms with Crippen LogP contribution >= 0.6 is 0 Å². The van der Waals surface area contributed by atoms with E-state index in [9.17, 15) is 14.0 Å². The Morgan fingerprint density at radius 3 is 2.62 bits per heavy atom. The van der Waals surface area contributed by atoms with Crippen LogP contribution in [0.2, 0.25) is 0 Å². The van der Waals surface area contributed by atoms with Gasteiger partial charge in [0.2, 0.25) is 0 Å². The summed E-state index contributed by atoms with van der Waals surface area (Å²) in [7, 11) is 1.30. The minimum atomic E-state index is -0.485. The monoisotopic (exact) mass is 330 g/mol. The molecule has 7 heteroatoms. The SMILES string of the molecule is COC(=O)c1ccc(/C=N\NC(=O)COc2cccc(F)c2)cc1. The Labute approximate surface area is 137 Å². The average molecular weight is 330 g/mol. The molecule has 1 N–H and O–H groups in total. The van der Waals surface area contributed by atoms with Crippen LogP contribution < -0.4 is 10.2 Å². The lowest BCUT2D eigenvalue weighted by Crippen LogP contribution is -2.24. The largest absolute Gasteiger partial charge is 0.484 e. The van der Waals surface area contributed by atoms with Gasteiger partial charge < -0.3 is 9.47 Å². The van der Waals surface area contributed by atoms with Crippen molar-refractivity contribution in [2.45, 2.75) is 0 Å². The predicted molar refractivity (Wildman–Crippen MR) is 85.4 cm³/mol. The second-order valence-electron chi connectivity index (χ2n) is 4.65. The van der Waals surface area contributed by atoms with E-state index < -0.39 is 17.7 Å². The highest BCUT2D eigenvalue weighted by Gasteiger charge is 2.04. The van der Waals surface area contributed by atoms with Crippen molar-refractivity contribution in [3.63, 3.8) is 0 Å². The lowest BCUT2D eigenvalue weighted by molar-refractivity contribution is -0.123. The van der Waals surface area contributed by atoms with Gasteiger partial charge in [-0.1, -0.05) is 18.2 Å². The molecule has 2 aromatic rings. The molecule has 0 bridgehead atoms. The molecule has 0 saturated heterocycles. The predicted octanol–water partition coefficient (Wildman–Crippen LogP) is 2.14. The number of esters is 1. The van der Waals surface area contributed by atoms with Gasteiger partial charge in [-0.3, -0.25) is 4.79 Å². The standard InChI is InChI=1S/C17H15FN2O4/c1-23-17(22)13-7-5-12(6-8-13)10-19-20-16(21)11-24-15-4-2-3-14(18)9-15/h2-10H,11H2,1H3,(H,20,21)/b19-10-. The van der Waals surface area contributed by atoms with Crippen LogP contribution in [0.1, 0.15) is 15.9 Å². The lowest BCUT2D eigenvalue weighted by Gasteiger charge is -2.04. The number of carbonyl (C=O) groups excluding carboxylic acids is 2. The summed E-state index contributed by atoms with van der Waals surface area (Å²) in [6.07, 6.45) is 1.42. The summed E-state index contributed by atoms with van der Waals surface area (Å²) >= 11 is 0. The third kappa shape index (κ3) is 5.20. The Morgan fingerprint density at radius 2 is 1.96 bits per heavy atom. The van der Waals surface area contributed by atoms with E-state index >= 15 is 0 Å². The summed E-state index contributed by atoms with van der Waals surface area (Å²) < 4.78 is 22.7. The maximum atomic E-state index is 12.9. The summed E-state index contributed by atoms with van der Waals surface area (Å²) in [6, 6.07) is 12.0. The molecule has 0 fully saturated rings. The highest BCUT2D eigenvalue weighted by molar-refractivity contribution is 5.90. The lowest BCUT2D eigenvalue weighted by atomic mass is 10.1. The van der Waals surface area contributed by atoms with Gasteiger partial charge in [-0.05, 0) is 29.8 Å². The molecule has 2 aromatic carbocycles. The number of ether oxygens (including phenoxy) is 2. The number of hydrogen-bond acceptors (Lipinski definition) is 5. The van der Waals surface area contributed by atoms with Crippen molar-refractivity contribution in [1.82, 2.24) is 5.43 Å². The first-order valence-corrected chi connectivity index (χ1v) is 6.97. The molecule has 1 amide bonds. The van der Waals surface area contributed by atoms with Gasteiger partial charge in [0.1, 0.15) is 11.6 Å². The van der Waals surface area contributed by atoms with Gasteiger partial charge in [0.05, 0.1) is 18.9 Å². The van der Waals surface area contributed by atoms with E-state index in [0.717, 1.165) is 0 Å². The zero-order valence-corrected chi connectivity index (χ0v) is 12.9. The third-order valence-electron chi connectivity index (χ3n) is 2.90. The normalized spacial score (nSPS) is 10.4. The highest BCUT2D eigenvalue weighted by Crippen LogP contribution is 2.11. The van der Waals surface area contributed by atoms with E-state index in [2.05, 4.69) is 15.3 Å². The number of methoxy groups -OCH3 is 1. The Hall–Kier alpha value is -3.22. The van der Waals surface area contributed by atoms with E-state index in [1.54, 1.807) is 30.3 Å². The summed E-state index contributed by atoms with van der Waals surface area (Å²) in [5.74, 6) is -1.10. The molecule has 6 nitrogen and oxygen atoms in total. The molecule has 0 unspecified atom stereocenters. The zero-order valence-electron chi connectivity index (χ0n) is 12.9. The van der Waals surface area contributed by atoms with Gasteiger partial charge in [-0.2, -0.15) is 5.10 Å². The van der Waals surface area contributed by atoms with Crippen molar-refractivity contribution in [2.75, 3.05) is 13.7 Å². The summed E-state index contributed by atoms with van der Waals surface area (Å²) in [4.78, 5) is 22.9. The van der Waals surface area contributed by atoms with Crippen LogP contribution in [0.5, 0.6) is 5.75 Å². The van der Waals surface area contributed by atoms with Gasteiger partial charge in [0.15, 0.2) is 6.61 Å². The van der Waals surface area contributed by atoms with Crippen molar-refractivity contribution in [2.24, 2.45) is 5.10 Å². The second-order valence-corrected chi connectivity index (χ2v) is 4.65. The van der Waals surface area contributed by atoms with Crippen molar-refractivity contribution in [3.05, 3.63) is 65.5 Å². The number of hydrazone groups is 1. The van der Waals surface area contributed by atoms with Crippen molar-refractivity contribution >= 4 is 18.1 Å². The van der Waals surface area contributed by atoms with Gasteiger partial charge >= 0.3 is 5.97 Å². The first-order chi connectivity index (χ1) is 11.6. The molecule has 124 valence electrons. The number of halogens is 1. The molecule has 0 saturated carbocycles. The van der Waals surface area contributed by atoms with E-state index in [0.29, 0.717) is 11.1 Å². The van der Waals surface area contributed by atoms with Crippen molar-refractivity contribution < 1.29 is 23.5 Å². The number of amides is 1. The molecule has 0 aliphatic rings. The Balaban J connectivity index is 1.80. The van der Waals surface area contributed by atoms with Crippen molar-refractivity contribution in [3.8, 4) is 5.75 Å². The van der Waals surface area contributed by atoms with E-state index in [4.69, 9.17) is 4.74 Å². The molecule has 0 radical (unpaired) electrons. The number of hydrogen-bond donors (Lipinski definition) is 1. The van der Waals surface area contributed by atoms with E-state index in [1.807, 2.05) is 0 Å². The van der Waals surface area contributed by atoms with Gasteiger partial charge in [0.25, 0.3) is 5.91 Å². The quantitative estimate of drug-likeness (QED) is 0.500. The summed E-state index contributed by atoms with van der Waals surface area (Å²) in [5, 5.41) is 3.77. The molecular formula is C17H15FN2O4. The van der Waals surface area contributed by atoms with Crippen LogP contribution in [0.15, 0.2) is 53.6 Å². The summed E-state index contributed by atoms with van der Waals surface area (Å²) in [6.45, 7) is -0.290. The minimum Gasteiger partial charge on any atom is -0.484 e. The fourth-order valence-corrected chi connectivity index (χ4v) is 1.74. The number of benzene rings is 2. The van der Waals surface area contributed by atoms with E-state index in [1.165, 1.54) is 31.5 Å². The number of nitrogens with zero attached hydrogens (tertiary/aromatic N) is 1. The maximum Gasteiger partial charge on any atom is 0.337 e. The number of carbonyl (C=O) groups is 2. The van der Waals surface area contributed by atoms with Gasteiger partial charge in [0, 0.05) is 6.07 Å². The smallest absolute Gasteiger partial charge is 0.337 e. The van der Waals surface area contributed by atoms with Crippen LogP contribution in [0.3, 0.4) is 0 Å². The number of rotatable bonds is 6. The van der Waals surface area contributed by atoms with Crippen molar-refractivity contribution in [1.29, 1.82) is 0 Å². The number of nitrogens with one attached hydrogen (secondary N) is 1. The van der Waals surface area contributed by atoms with Crippen LogP contribution in [-0.2, 0) is 9.53 Å². The maximum absolute atomic E-state index is 12.9. The molecule has 0 spiro atoms. The fraction of sp³-hybridized carbons (Fsp3) is 0.118. The average Bonchev–Trinajstić information content (AvgIpc) is 2.60. The van der Waals surface area contributed by atoms with Gasteiger partial charge in [-0.15, -0.1) is 0 Å². The molecule has 2 rings (SSSR count). The van der Waals surface area contributed by atoms with E-state index in [-0.39, 0.29) is 12.4 Å². The molecule has 0 aromatic heterocycles. The minimum absolute atomic E-state index is 0.257. The molecule has 24 heavy (non-hydrogen) atoms. The van der Waals surface area contributed by atoms with Crippen LogP contribution in [-0.4, -0.2) is 31.8 Å².